The number of rotatable bonds is 4. The van der Waals surface area contributed by atoms with Crippen LogP contribution in [0.1, 0.15) is 127 Å². The Balaban J connectivity index is 1.75. The lowest BCUT2D eigenvalue weighted by molar-refractivity contribution is 0.232. The lowest BCUT2D eigenvalue weighted by atomic mass is 9.76. The molecule has 4 atom stereocenters. The van der Waals surface area contributed by atoms with E-state index >= 15 is 0 Å². The fraction of sp³-hybridized carbons (Fsp3) is 0.760. The SMILES string of the molecule is CC(C)[C@@H]1CC[C@H](C)c2nn(C(C)(C)n3cc4c(n3)[C@H](C)CC[C@@H]4C(C)C)cc21. The summed E-state index contributed by atoms with van der Waals surface area (Å²) in [6, 6.07) is 0. The maximum atomic E-state index is 5.15. The molecule has 2 aliphatic rings. The van der Waals surface area contributed by atoms with Crippen LogP contribution in [0.3, 0.4) is 0 Å². The first-order valence-electron chi connectivity index (χ1n) is 11.8. The van der Waals surface area contributed by atoms with Crippen molar-refractivity contribution in [1.29, 1.82) is 0 Å². The molecular weight excluding hydrogens is 356 g/mol. The molecule has 0 bridgehead atoms. The fourth-order valence-electron chi connectivity index (χ4n) is 5.63. The van der Waals surface area contributed by atoms with Crippen molar-refractivity contribution in [2.75, 3.05) is 0 Å². The van der Waals surface area contributed by atoms with E-state index < -0.39 is 0 Å². The molecule has 0 amide bonds. The highest BCUT2D eigenvalue weighted by atomic mass is 15.5. The van der Waals surface area contributed by atoms with Gasteiger partial charge in [-0.05, 0) is 74.3 Å². The number of nitrogens with zero attached hydrogens (tertiary/aromatic N) is 4. The minimum atomic E-state index is -0.308. The van der Waals surface area contributed by atoms with Gasteiger partial charge in [0.1, 0.15) is 5.66 Å². The van der Waals surface area contributed by atoms with Crippen LogP contribution >= 0.6 is 0 Å². The molecule has 0 unspecified atom stereocenters. The summed E-state index contributed by atoms with van der Waals surface area (Å²) in [6.45, 7) is 18.6. The minimum Gasteiger partial charge on any atom is -0.245 e. The molecule has 2 aromatic rings. The Hall–Kier alpha value is -1.58. The van der Waals surface area contributed by atoms with Crippen LogP contribution in [0, 0.1) is 11.8 Å². The van der Waals surface area contributed by atoms with Gasteiger partial charge in [-0.3, -0.25) is 0 Å². The lowest BCUT2D eigenvalue weighted by Crippen LogP contribution is -2.36. The predicted molar refractivity (Wildman–Crippen MR) is 120 cm³/mol. The maximum Gasteiger partial charge on any atom is 0.148 e. The first-order chi connectivity index (χ1) is 13.6. The van der Waals surface area contributed by atoms with Gasteiger partial charge in [-0.1, -0.05) is 41.5 Å². The van der Waals surface area contributed by atoms with E-state index in [1.54, 1.807) is 0 Å². The van der Waals surface area contributed by atoms with Crippen LogP contribution < -0.4 is 0 Å². The minimum absolute atomic E-state index is 0.308. The summed E-state index contributed by atoms with van der Waals surface area (Å²) in [4.78, 5) is 0. The molecule has 0 saturated heterocycles. The molecule has 4 nitrogen and oxygen atoms in total. The Kier molecular flexibility index (Phi) is 5.19. The summed E-state index contributed by atoms with van der Waals surface area (Å²) in [6.07, 6.45) is 9.72. The third-order valence-corrected chi connectivity index (χ3v) is 7.83. The zero-order chi connectivity index (χ0) is 21.1. The summed E-state index contributed by atoms with van der Waals surface area (Å²) in [7, 11) is 0. The molecule has 0 radical (unpaired) electrons. The van der Waals surface area contributed by atoms with Crippen molar-refractivity contribution < 1.29 is 0 Å². The first-order valence-corrected chi connectivity index (χ1v) is 11.8. The molecule has 2 aromatic heterocycles. The van der Waals surface area contributed by atoms with Crippen LogP contribution in [0.2, 0.25) is 0 Å². The van der Waals surface area contributed by atoms with E-state index in [4.69, 9.17) is 10.2 Å². The Morgan fingerprint density at radius 1 is 0.759 bits per heavy atom. The van der Waals surface area contributed by atoms with Gasteiger partial charge in [0.25, 0.3) is 0 Å². The number of hydrogen-bond acceptors (Lipinski definition) is 2. The average Bonchev–Trinajstić information content (AvgIpc) is 3.28. The Labute approximate surface area is 177 Å². The molecule has 0 aromatic carbocycles. The molecule has 0 fully saturated rings. The number of fused-ring (bicyclic) bond motifs is 2. The molecule has 4 heteroatoms. The normalized spacial score (nSPS) is 27.4. The molecular formula is C25H40N4. The van der Waals surface area contributed by atoms with Crippen LogP contribution in [-0.4, -0.2) is 19.6 Å². The van der Waals surface area contributed by atoms with Crippen LogP contribution in [0.25, 0.3) is 0 Å². The second-order valence-corrected chi connectivity index (χ2v) is 11.0. The molecule has 2 aliphatic carbocycles. The molecule has 2 heterocycles. The molecule has 4 rings (SSSR count). The molecule has 0 saturated carbocycles. The van der Waals surface area contributed by atoms with E-state index in [0.717, 1.165) is 0 Å². The topological polar surface area (TPSA) is 35.6 Å². The van der Waals surface area contributed by atoms with Gasteiger partial charge in [-0.15, -0.1) is 0 Å². The smallest absolute Gasteiger partial charge is 0.148 e. The second kappa shape index (κ2) is 7.28. The van der Waals surface area contributed by atoms with E-state index in [1.165, 1.54) is 48.2 Å². The second-order valence-electron chi connectivity index (χ2n) is 11.0. The highest BCUT2D eigenvalue weighted by Gasteiger charge is 2.36. The summed E-state index contributed by atoms with van der Waals surface area (Å²) in [5, 5.41) is 10.3. The lowest BCUT2D eigenvalue weighted by Gasteiger charge is -2.28. The standard InChI is InChI=1S/C25H40N4/c1-15(2)19-11-9-17(5)23-21(19)13-28(26-23)25(7,8)29-14-22-20(16(3)4)12-10-18(6)24(22)27-29/h13-20H,9-12H2,1-8H3/t17-,18+,19-,20+. The average molecular weight is 397 g/mol. The number of aromatic nitrogens is 4. The summed E-state index contributed by atoms with van der Waals surface area (Å²) in [5.74, 6) is 3.67. The highest BCUT2D eigenvalue weighted by Crippen LogP contribution is 2.44. The van der Waals surface area contributed by atoms with Gasteiger partial charge in [0.05, 0.1) is 11.4 Å². The van der Waals surface area contributed by atoms with Crippen molar-refractivity contribution in [3.05, 3.63) is 34.9 Å². The van der Waals surface area contributed by atoms with Crippen LogP contribution in [0.15, 0.2) is 12.4 Å². The first kappa shape index (κ1) is 20.7. The van der Waals surface area contributed by atoms with Crippen molar-refractivity contribution in [2.24, 2.45) is 11.8 Å². The van der Waals surface area contributed by atoms with Crippen molar-refractivity contribution in [1.82, 2.24) is 19.6 Å². The van der Waals surface area contributed by atoms with E-state index in [2.05, 4.69) is 77.1 Å². The quantitative estimate of drug-likeness (QED) is 0.584. The van der Waals surface area contributed by atoms with Crippen LogP contribution in [0.4, 0.5) is 0 Å². The van der Waals surface area contributed by atoms with Gasteiger partial charge in [0.15, 0.2) is 0 Å². The Morgan fingerprint density at radius 3 is 1.48 bits per heavy atom. The summed E-state index contributed by atoms with van der Waals surface area (Å²) in [5.41, 5.74) is 5.26. The molecule has 0 N–H and O–H groups in total. The van der Waals surface area contributed by atoms with E-state index in [1.807, 2.05) is 0 Å². The molecule has 29 heavy (non-hydrogen) atoms. The van der Waals surface area contributed by atoms with Gasteiger partial charge in [-0.25, -0.2) is 9.36 Å². The third-order valence-electron chi connectivity index (χ3n) is 7.83. The van der Waals surface area contributed by atoms with Crippen molar-refractivity contribution in [2.45, 2.75) is 110 Å². The maximum absolute atomic E-state index is 5.15. The predicted octanol–water partition coefficient (Wildman–Crippen LogP) is 6.59. The van der Waals surface area contributed by atoms with Crippen LogP contribution in [-0.2, 0) is 5.66 Å². The Bertz CT molecular complexity index is 799. The highest BCUT2D eigenvalue weighted by molar-refractivity contribution is 5.31. The van der Waals surface area contributed by atoms with Crippen molar-refractivity contribution in [3.8, 4) is 0 Å². The number of hydrogen-bond donors (Lipinski definition) is 0. The summed E-state index contributed by atoms with van der Waals surface area (Å²) >= 11 is 0. The Morgan fingerprint density at radius 2 is 1.14 bits per heavy atom. The zero-order valence-corrected chi connectivity index (χ0v) is 19.7. The van der Waals surface area contributed by atoms with Crippen LogP contribution in [0.5, 0.6) is 0 Å². The third kappa shape index (κ3) is 3.37. The van der Waals surface area contributed by atoms with Crippen molar-refractivity contribution in [3.63, 3.8) is 0 Å². The van der Waals surface area contributed by atoms with Gasteiger partial charge in [0, 0.05) is 24.2 Å². The van der Waals surface area contributed by atoms with E-state index in [-0.39, 0.29) is 5.66 Å². The fourth-order valence-corrected chi connectivity index (χ4v) is 5.63. The zero-order valence-electron chi connectivity index (χ0n) is 19.7. The molecule has 0 aliphatic heterocycles. The summed E-state index contributed by atoms with van der Waals surface area (Å²) < 4.78 is 4.39. The van der Waals surface area contributed by atoms with E-state index in [0.29, 0.717) is 35.5 Å². The molecule has 0 spiro atoms. The van der Waals surface area contributed by atoms with Gasteiger partial charge < -0.3 is 0 Å². The van der Waals surface area contributed by atoms with Gasteiger partial charge >= 0.3 is 0 Å². The van der Waals surface area contributed by atoms with Crippen molar-refractivity contribution >= 4 is 0 Å². The molecule has 160 valence electrons. The monoisotopic (exact) mass is 396 g/mol. The van der Waals surface area contributed by atoms with Gasteiger partial charge in [-0.2, -0.15) is 10.2 Å². The largest absolute Gasteiger partial charge is 0.245 e. The van der Waals surface area contributed by atoms with Gasteiger partial charge in [0.2, 0.25) is 0 Å². The van der Waals surface area contributed by atoms with E-state index in [9.17, 15) is 0 Å².